The standard InChI is InChI=1S/C13H20/c1-8-9(2)13(8)5-10-3-4-12(7-13)6-11(10)12/h8-11H,3-7H2,1-2H3/t8?,9?,10-,11?,12?,13?/m0/s1. The van der Waals surface area contributed by atoms with Crippen LogP contribution in [0.15, 0.2) is 0 Å². The predicted octanol–water partition coefficient (Wildman–Crippen LogP) is 3.47. The van der Waals surface area contributed by atoms with E-state index in [0.717, 1.165) is 22.7 Å². The van der Waals surface area contributed by atoms with Crippen molar-refractivity contribution < 1.29 is 0 Å². The van der Waals surface area contributed by atoms with Crippen molar-refractivity contribution in [3.05, 3.63) is 0 Å². The second-order valence-electron chi connectivity index (χ2n) is 6.66. The average Bonchev–Trinajstić information content (AvgIpc) is 2.95. The van der Waals surface area contributed by atoms with Gasteiger partial charge in [0.1, 0.15) is 0 Å². The Hall–Kier alpha value is 0. The van der Waals surface area contributed by atoms with Gasteiger partial charge in [0, 0.05) is 0 Å². The van der Waals surface area contributed by atoms with Gasteiger partial charge in [0.05, 0.1) is 0 Å². The summed E-state index contributed by atoms with van der Waals surface area (Å²) in [7, 11) is 0. The first-order valence-corrected chi connectivity index (χ1v) is 6.18. The highest BCUT2D eigenvalue weighted by atomic mass is 14.8. The van der Waals surface area contributed by atoms with Crippen molar-refractivity contribution in [2.45, 2.75) is 46.0 Å². The molecule has 4 fully saturated rings. The molecule has 4 aliphatic rings. The van der Waals surface area contributed by atoms with E-state index < -0.39 is 0 Å². The molecule has 4 rings (SSSR count). The molecule has 0 saturated heterocycles. The Kier molecular flexibility index (Phi) is 0.971. The molecule has 5 atom stereocenters. The summed E-state index contributed by atoms with van der Waals surface area (Å²) < 4.78 is 0. The first kappa shape index (κ1) is 7.31. The Bertz CT molecular complexity index is 272. The maximum absolute atomic E-state index is 2.50. The van der Waals surface area contributed by atoms with E-state index in [9.17, 15) is 0 Å². The summed E-state index contributed by atoms with van der Waals surface area (Å²) in [6.07, 6.45) is 8.06. The fourth-order valence-corrected chi connectivity index (χ4v) is 5.40. The van der Waals surface area contributed by atoms with Crippen molar-refractivity contribution in [1.29, 1.82) is 0 Å². The molecular weight excluding hydrogens is 156 g/mol. The van der Waals surface area contributed by atoms with Crippen LogP contribution in [-0.4, -0.2) is 0 Å². The van der Waals surface area contributed by atoms with E-state index in [1.165, 1.54) is 11.8 Å². The Labute approximate surface area is 81.1 Å². The van der Waals surface area contributed by atoms with Crippen LogP contribution in [0.1, 0.15) is 46.0 Å². The third-order valence-corrected chi connectivity index (χ3v) is 6.61. The molecule has 4 unspecified atom stereocenters. The molecule has 0 amide bonds. The van der Waals surface area contributed by atoms with Crippen molar-refractivity contribution in [2.75, 3.05) is 0 Å². The highest BCUT2D eigenvalue weighted by Crippen LogP contribution is 2.82. The summed E-state index contributed by atoms with van der Waals surface area (Å²) in [6.45, 7) is 5.01. The number of rotatable bonds is 0. The van der Waals surface area contributed by atoms with E-state index in [4.69, 9.17) is 0 Å². The van der Waals surface area contributed by atoms with Crippen LogP contribution < -0.4 is 0 Å². The number of hydrogen-bond donors (Lipinski definition) is 0. The highest BCUT2D eigenvalue weighted by Gasteiger charge is 2.74. The summed E-state index contributed by atoms with van der Waals surface area (Å²) in [4.78, 5) is 0. The topological polar surface area (TPSA) is 0 Å². The molecule has 0 heterocycles. The summed E-state index contributed by atoms with van der Waals surface area (Å²) in [5.74, 6) is 4.50. The summed E-state index contributed by atoms with van der Waals surface area (Å²) in [5, 5.41) is 0. The molecular formula is C13H20. The van der Waals surface area contributed by atoms with Crippen LogP contribution in [0.5, 0.6) is 0 Å². The second kappa shape index (κ2) is 1.73. The molecule has 0 radical (unpaired) electrons. The van der Waals surface area contributed by atoms with E-state index in [1.54, 1.807) is 32.1 Å². The Morgan fingerprint density at radius 2 is 1.85 bits per heavy atom. The van der Waals surface area contributed by atoms with E-state index in [2.05, 4.69) is 13.8 Å². The lowest BCUT2D eigenvalue weighted by atomic mass is 9.76. The minimum atomic E-state index is 0.855. The molecule has 0 aromatic rings. The zero-order chi connectivity index (χ0) is 8.84. The van der Waals surface area contributed by atoms with Crippen molar-refractivity contribution in [3.63, 3.8) is 0 Å². The van der Waals surface area contributed by atoms with Crippen molar-refractivity contribution in [2.24, 2.45) is 34.5 Å². The quantitative estimate of drug-likeness (QED) is 0.530. The zero-order valence-electron chi connectivity index (χ0n) is 8.84. The predicted molar refractivity (Wildman–Crippen MR) is 53.3 cm³/mol. The normalized spacial score (nSPS) is 72.5. The Balaban J connectivity index is 1.72. The molecule has 0 aromatic carbocycles. The molecule has 4 aliphatic carbocycles. The van der Waals surface area contributed by atoms with Crippen LogP contribution in [0.2, 0.25) is 0 Å². The van der Waals surface area contributed by atoms with Crippen LogP contribution in [0.25, 0.3) is 0 Å². The van der Waals surface area contributed by atoms with Gasteiger partial charge in [0.15, 0.2) is 0 Å². The minimum Gasteiger partial charge on any atom is -0.0617 e. The van der Waals surface area contributed by atoms with Crippen LogP contribution in [-0.2, 0) is 0 Å². The summed E-state index contributed by atoms with van der Waals surface area (Å²) in [6, 6.07) is 0. The molecule has 0 aromatic heterocycles. The molecule has 0 N–H and O–H groups in total. The SMILES string of the molecule is CC1C(C)C12C[C@@H]1CCC3(CC13)C2. The minimum absolute atomic E-state index is 0.855. The van der Waals surface area contributed by atoms with E-state index in [1.807, 2.05) is 0 Å². The molecule has 0 heteroatoms. The maximum Gasteiger partial charge on any atom is -0.0233 e. The van der Waals surface area contributed by atoms with Gasteiger partial charge < -0.3 is 0 Å². The summed E-state index contributed by atoms with van der Waals surface area (Å²) in [5.41, 5.74) is 1.77. The van der Waals surface area contributed by atoms with Gasteiger partial charge >= 0.3 is 0 Å². The third kappa shape index (κ3) is 0.620. The molecule has 2 bridgehead atoms. The zero-order valence-corrected chi connectivity index (χ0v) is 8.84. The van der Waals surface area contributed by atoms with Gasteiger partial charge in [-0.05, 0) is 66.6 Å². The lowest BCUT2D eigenvalue weighted by Crippen LogP contribution is -2.20. The highest BCUT2D eigenvalue weighted by molar-refractivity contribution is 5.23. The average molecular weight is 176 g/mol. The van der Waals surface area contributed by atoms with E-state index in [-0.39, 0.29) is 0 Å². The first-order chi connectivity index (χ1) is 6.18. The molecule has 4 saturated carbocycles. The van der Waals surface area contributed by atoms with Gasteiger partial charge in [-0.15, -0.1) is 0 Å². The van der Waals surface area contributed by atoms with Crippen molar-refractivity contribution in [1.82, 2.24) is 0 Å². The van der Waals surface area contributed by atoms with Gasteiger partial charge in [-0.1, -0.05) is 13.8 Å². The fourth-order valence-electron chi connectivity index (χ4n) is 5.40. The monoisotopic (exact) mass is 176 g/mol. The van der Waals surface area contributed by atoms with Gasteiger partial charge in [0.2, 0.25) is 0 Å². The fraction of sp³-hybridized carbons (Fsp3) is 1.00. The Morgan fingerprint density at radius 3 is 2.38 bits per heavy atom. The molecule has 0 aliphatic heterocycles. The van der Waals surface area contributed by atoms with Gasteiger partial charge in [-0.25, -0.2) is 0 Å². The maximum atomic E-state index is 2.50. The van der Waals surface area contributed by atoms with Gasteiger partial charge in [-0.3, -0.25) is 0 Å². The largest absolute Gasteiger partial charge is 0.0617 e. The third-order valence-electron chi connectivity index (χ3n) is 6.61. The van der Waals surface area contributed by atoms with Crippen LogP contribution in [0.4, 0.5) is 0 Å². The molecule has 72 valence electrons. The van der Waals surface area contributed by atoms with Gasteiger partial charge in [0.25, 0.3) is 0 Å². The lowest BCUT2D eigenvalue weighted by Gasteiger charge is -2.28. The van der Waals surface area contributed by atoms with E-state index in [0.29, 0.717) is 0 Å². The molecule has 1 spiro atoms. The molecule has 0 nitrogen and oxygen atoms in total. The van der Waals surface area contributed by atoms with E-state index >= 15 is 0 Å². The Morgan fingerprint density at radius 1 is 1.08 bits per heavy atom. The van der Waals surface area contributed by atoms with Crippen LogP contribution >= 0.6 is 0 Å². The summed E-state index contributed by atoms with van der Waals surface area (Å²) >= 11 is 0. The second-order valence-corrected chi connectivity index (χ2v) is 6.66. The van der Waals surface area contributed by atoms with Crippen molar-refractivity contribution in [3.8, 4) is 0 Å². The first-order valence-electron chi connectivity index (χ1n) is 6.18. The number of hydrogen-bond acceptors (Lipinski definition) is 0. The lowest BCUT2D eigenvalue weighted by molar-refractivity contribution is 0.206. The smallest absolute Gasteiger partial charge is 0.0233 e. The molecule has 13 heavy (non-hydrogen) atoms. The van der Waals surface area contributed by atoms with Gasteiger partial charge in [-0.2, -0.15) is 0 Å². The van der Waals surface area contributed by atoms with Crippen molar-refractivity contribution >= 4 is 0 Å². The van der Waals surface area contributed by atoms with Crippen LogP contribution in [0.3, 0.4) is 0 Å². The van der Waals surface area contributed by atoms with Crippen LogP contribution in [0, 0.1) is 34.5 Å².